The number of carbonyl (C=O) groups excluding carboxylic acids is 3. The van der Waals surface area contributed by atoms with E-state index in [1.54, 1.807) is 12.3 Å². The molecule has 1 heterocycles. The van der Waals surface area contributed by atoms with Crippen molar-refractivity contribution in [1.82, 2.24) is 0 Å². The van der Waals surface area contributed by atoms with Crippen molar-refractivity contribution in [2.24, 2.45) is 5.73 Å². The van der Waals surface area contributed by atoms with Crippen molar-refractivity contribution in [3.05, 3.63) is 52.2 Å². The molecule has 0 spiro atoms. The Morgan fingerprint density at radius 1 is 1.30 bits per heavy atom. The highest BCUT2D eigenvalue weighted by Crippen LogP contribution is 2.22. The number of primary amides is 1. The summed E-state index contributed by atoms with van der Waals surface area (Å²) in [6.45, 7) is 1.000. The van der Waals surface area contributed by atoms with Crippen LogP contribution in [0.1, 0.15) is 26.3 Å². The molecular formula is C15H13FN2O4S. The number of ether oxygens (including phenoxy) is 1. The summed E-state index contributed by atoms with van der Waals surface area (Å²) < 4.78 is 18.2. The first-order valence-corrected chi connectivity index (χ1v) is 7.37. The summed E-state index contributed by atoms with van der Waals surface area (Å²) in [5.74, 6) is -2.65. The third kappa shape index (κ3) is 4.13. The second-order valence-corrected chi connectivity index (χ2v) is 5.53. The van der Waals surface area contributed by atoms with Gasteiger partial charge < -0.3 is 15.8 Å². The van der Waals surface area contributed by atoms with Crippen molar-refractivity contribution in [1.29, 1.82) is 0 Å². The van der Waals surface area contributed by atoms with Crippen LogP contribution in [0.5, 0.6) is 0 Å². The SMILES string of the molecule is Cc1ccc(C(=O)OCC(=O)Nc2sccc2C(N)=O)cc1F. The van der Waals surface area contributed by atoms with Crippen molar-refractivity contribution in [3.63, 3.8) is 0 Å². The van der Waals surface area contributed by atoms with E-state index in [1.165, 1.54) is 18.2 Å². The summed E-state index contributed by atoms with van der Waals surface area (Å²) in [7, 11) is 0. The molecule has 0 unspecified atom stereocenters. The molecule has 0 fully saturated rings. The highest BCUT2D eigenvalue weighted by atomic mass is 32.1. The van der Waals surface area contributed by atoms with Crippen LogP contribution in [-0.2, 0) is 9.53 Å². The van der Waals surface area contributed by atoms with Crippen LogP contribution in [0.3, 0.4) is 0 Å². The number of amides is 2. The van der Waals surface area contributed by atoms with Gasteiger partial charge in [-0.05, 0) is 36.1 Å². The van der Waals surface area contributed by atoms with Gasteiger partial charge in [-0.25, -0.2) is 9.18 Å². The number of anilines is 1. The van der Waals surface area contributed by atoms with Crippen molar-refractivity contribution in [2.45, 2.75) is 6.92 Å². The van der Waals surface area contributed by atoms with Gasteiger partial charge in [0, 0.05) is 0 Å². The Balaban J connectivity index is 1.93. The Labute approximate surface area is 135 Å². The number of carbonyl (C=O) groups is 3. The Bertz CT molecular complexity index is 773. The average molecular weight is 336 g/mol. The van der Waals surface area contributed by atoms with E-state index < -0.39 is 30.2 Å². The Morgan fingerprint density at radius 3 is 2.70 bits per heavy atom. The third-order valence-electron chi connectivity index (χ3n) is 2.93. The second kappa shape index (κ2) is 7.01. The van der Waals surface area contributed by atoms with Crippen molar-refractivity contribution >= 4 is 34.1 Å². The van der Waals surface area contributed by atoms with Crippen LogP contribution in [0.15, 0.2) is 29.6 Å². The molecule has 8 heteroatoms. The van der Waals surface area contributed by atoms with Crippen LogP contribution < -0.4 is 11.1 Å². The van der Waals surface area contributed by atoms with Crippen molar-refractivity contribution in [3.8, 4) is 0 Å². The number of nitrogens with one attached hydrogen (secondary N) is 1. The summed E-state index contributed by atoms with van der Waals surface area (Å²) in [4.78, 5) is 34.6. The third-order valence-corrected chi connectivity index (χ3v) is 3.76. The quantitative estimate of drug-likeness (QED) is 0.817. The molecule has 3 N–H and O–H groups in total. The van der Waals surface area contributed by atoms with Crippen LogP contribution in [0.25, 0.3) is 0 Å². The van der Waals surface area contributed by atoms with Crippen LogP contribution in [0.4, 0.5) is 9.39 Å². The van der Waals surface area contributed by atoms with E-state index in [1.807, 2.05) is 0 Å². The van der Waals surface area contributed by atoms with Crippen LogP contribution in [0.2, 0.25) is 0 Å². The first-order valence-electron chi connectivity index (χ1n) is 6.49. The summed E-state index contributed by atoms with van der Waals surface area (Å²) in [6, 6.07) is 5.36. The van der Waals surface area contributed by atoms with E-state index in [2.05, 4.69) is 5.32 Å². The van der Waals surface area contributed by atoms with Crippen LogP contribution >= 0.6 is 11.3 Å². The lowest BCUT2D eigenvalue weighted by molar-refractivity contribution is -0.119. The monoisotopic (exact) mass is 336 g/mol. The largest absolute Gasteiger partial charge is 0.452 e. The molecular weight excluding hydrogens is 323 g/mol. The summed E-state index contributed by atoms with van der Waals surface area (Å²) in [5, 5.41) is 4.30. The van der Waals surface area contributed by atoms with E-state index in [9.17, 15) is 18.8 Å². The molecule has 0 aliphatic carbocycles. The Kier molecular flexibility index (Phi) is 5.07. The number of esters is 1. The van der Waals surface area contributed by atoms with Crippen LogP contribution in [0, 0.1) is 12.7 Å². The summed E-state index contributed by atoms with van der Waals surface area (Å²) in [5.41, 5.74) is 5.74. The molecule has 23 heavy (non-hydrogen) atoms. The molecule has 2 aromatic rings. The number of nitrogens with two attached hydrogens (primary N) is 1. The predicted octanol–water partition coefficient (Wildman–Crippen LogP) is 2.09. The number of thiophene rings is 1. The number of halogens is 1. The number of hydrogen-bond donors (Lipinski definition) is 2. The fourth-order valence-corrected chi connectivity index (χ4v) is 2.51. The second-order valence-electron chi connectivity index (χ2n) is 4.62. The van der Waals surface area contributed by atoms with E-state index in [0.29, 0.717) is 5.56 Å². The molecule has 0 aliphatic rings. The minimum Gasteiger partial charge on any atom is -0.452 e. The van der Waals surface area contributed by atoms with Gasteiger partial charge >= 0.3 is 5.97 Å². The molecule has 2 rings (SSSR count). The Hall–Kier alpha value is -2.74. The molecule has 0 saturated carbocycles. The van der Waals surface area contributed by atoms with Crippen LogP contribution in [-0.4, -0.2) is 24.4 Å². The van der Waals surface area contributed by atoms with Gasteiger partial charge in [0.05, 0.1) is 11.1 Å². The fourth-order valence-electron chi connectivity index (χ4n) is 1.70. The maximum atomic E-state index is 13.4. The lowest BCUT2D eigenvalue weighted by Crippen LogP contribution is -2.22. The van der Waals surface area contributed by atoms with E-state index in [0.717, 1.165) is 17.4 Å². The molecule has 2 amide bonds. The molecule has 0 atom stereocenters. The average Bonchev–Trinajstić information content (AvgIpc) is 2.96. The minimum absolute atomic E-state index is 0.00912. The standard InChI is InChI=1S/C15H13FN2O4S/c1-8-2-3-9(6-11(8)16)15(21)22-7-12(19)18-14-10(13(17)20)4-5-23-14/h2-6H,7H2,1H3,(H2,17,20)(H,18,19). The van der Waals surface area contributed by atoms with Gasteiger partial charge in [-0.15, -0.1) is 11.3 Å². The maximum absolute atomic E-state index is 13.4. The summed E-state index contributed by atoms with van der Waals surface area (Å²) >= 11 is 1.12. The van der Waals surface area contributed by atoms with Gasteiger partial charge in [0.15, 0.2) is 6.61 Å². The number of rotatable bonds is 5. The number of aryl methyl sites for hydroxylation is 1. The molecule has 0 bridgehead atoms. The van der Waals surface area contributed by atoms with Gasteiger partial charge in [0.25, 0.3) is 11.8 Å². The minimum atomic E-state index is -0.819. The molecule has 1 aromatic carbocycles. The topological polar surface area (TPSA) is 98.5 Å². The van der Waals surface area contributed by atoms with E-state index in [4.69, 9.17) is 10.5 Å². The predicted molar refractivity (Wildman–Crippen MR) is 82.9 cm³/mol. The normalized spacial score (nSPS) is 10.2. The fraction of sp³-hybridized carbons (Fsp3) is 0.133. The molecule has 120 valence electrons. The molecule has 0 aliphatic heterocycles. The molecule has 6 nitrogen and oxygen atoms in total. The number of hydrogen-bond acceptors (Lipinski definition) is 5. The first-order chi connectivity index (χ1) is 10.9. The maximum Gasteiger partial charge on any atom is 0.338 e. The molecule has 0 saturated heterocycles. The zero-order valence-corrected chi connectivity index (χ0v) is 12.9. The van der Waals surface area contributed by atoms with Gasteiger partial charge in [0.1, 0.15) is 10.8 Å². The molecule has 1 aromatic heterocycles. The zero-order valence-electron chi connectivity index (χ0n) is 12.1. The summed E-state index contributed by atoms with van der Waals surface area (Å²) in [6.07, 6.45) is 0. The van der Waals surface area contributed by atoms with E-state index in [-0.39, 0.29) is 16.1 Å². The smallest absolute Gasteiger partial charge is 0.338 e. The lowest BCUT2D eigenvalue weighted by Gasteiger charge is -2.07. The zero-order chi connectivity index (χ0) is 17.0. The molecule has 0 radical (unpaired) electrons. The number of benzene rings is 1. The van der Waals surface area contributed by atoms with Gasteiger partial charge in [-0.1, -0.05) is 6.07 Å². The lowest BCUT2D eigenvalue weighted by atomic mass is 10.1. The highest BCUT2D eigenvalue weighted by Gasteiger charge is 2.15. The highest BCUT2D eigenvalue weighted by molar-refractivity contribution is 7.14. The van der Waals surface area contributed by atoms with Gasteiger partial charge in [-0.3, -0.25) is 9.59 Å². The first kappa shape index (κ1) is 16.6. The van der Waals surface area contributed by atoms with Crippen molar-refractivity contribution in [2.75, 3.05) is 11.9 Å². The van der Waals surface area contributed by atoms with Crippen molar-refractivity contribution < 1.29 is 23.5 Å². The Morgan fingerprint density at radius 2 is 2.04 bits per heavy atom. The van der Waals surface area contributed by atoms with E-state index >= 15 is 0 Å². The van der Waals surface area contributed by atoms with Gasteiger partial charge in [0.2, 0.25) is 0 Å². The van der Waals surface area contributed by atoms with Gasteiger partial charge in [-0.2, -0.15) is 0 Å².